The summed E-state index contributed by atoms with van der Waals surface area (Å²) in [6, 6.07) is 12.0. The first-order valence-corrected chi connectivity index (χ1v) is 8.36. The van der Waals surface area contributed by atoms with Crippen molar-refractivity contribution in [2.75, 3.05) is 0 Å². The third-order valence-electron chi connectivity index (χ3n) is 3.91. The monoisotopic (exact) mass is 349 g/mol. The van der Waals surface area contributed by atoms with Crippen LogP contribution in [0.25, 0.3) is 21.1 Å². The van der Waals surface area contributed by atoms with Gasteiger partial charge in [-0.15, -0.1) is 6.42 Å². The molecular formula is C19H12FN3OS. The summed E-state index contributed by atoms with van der Waals surface area (Å²) >= 11 is 1.24. The Kier molecular flexibility index (Phi) is 3.71. The van der Waals surface area contributed by atoms with Crippen LogP contribution < -0.4 is 4.80 Å². The van der Waals surface area contributed by atoms with E-state index < -0.39 is 0 Å². The number of H-pyrrole nitrogens is 1. The summed E-state index contributed by atoms with van der Waals surface area (Å²) in [6.45, 7) is 0.256. The number of aromatic amines is 1. The minimum atomic E-state index is -0.366. The molecule has 0 aliphatic heterocycles. The lowest BCUT2D eigenvalue weighted by Gasteiger charge is -1.99. The zero-order chi connectivity index (χ0) is 17.4. The molecule has 2 aromatic carbocycles. The largest absolute Gasteiger partial charge is 0.360 e. The van der Waals surface area contributed by atoms with Crippen molar-refractivity contribution in [2.45, 2.75) is 6.54 Å². The number of carbonyl (C=O) groups is 1. The van der Waals surface area contributed by atoms with Gasteiger partial charge in [-0.05, 0) is 24.3 Å². The Hall–Kier alpha value is -3.17. The smallest absolute Gasteiger partial charge is 0.281 e. The zero-order valence-corrected chi connectivity index (χ0v) is 13.8. The van der Waals surface area contributed by atoms with Gasteiger partial charge in [-0.25, -0.2) is 4.39 Å². The van der Waals surface area contributed by atoms with Crippen LogP contribution in [0.1, 0.15) is 10.4 Å². The maximum Gasteiger partial charge on any atom is 0.281 e. The zero-order valence-electron chi connectivity index (χ0n) is 13.0. The van der Waals surface area contributed by atoms with Gasteiger partial charge in [0.1, 0.15) is 5.82 Å². The third kappa shape index (κ3) is 2.65. The highest BCUT2D eigenvalue weighted by Crippen LogP contribution is 2.20. The fraction of sp³-hybridized carbons (Fsp3) is 0.0526. The summed E-state index contributed by atoms with van der Waals surface area (Å²) < 4.78 is 15.9. The SMILES string of the molecule is C#CCn1c(=NC(=O)c2c[nH]c3ccccc23)sc2cc(F)ccc21. The molecule has 6 heteroatoms. The van der Waals surface area contributed by atoms with E-state index in [0.717, 1.165) is 16.4 Å². The minimum Gasteiger partial charge on any atom is -0.360 e. The minimum absolute atomic E-state index is 0.256. The molecule has 0 atom stereocenters. The molecule has 122 valence electrons. The van der Waals surface area contributed by atoms with Gasteiger partial charge in [0, 0.05) is 17.1 Å². The van der Waals surface area contributed by atoms with Crippen LogP contribution in [0.4, 0.5) is 4.39 Å². The molecular weight excluding hydrogens is 337 g/mol. The highest BCUT2D eigenvalue weighted by atomic mass is 32.1. The van der Waals surface area contributed by atoms with Crippen LogP contribution in [-0.2, 0) is 6.54 Å². The number of halogens is 1. The van der Waals surface area contributed by atoms with Crippen LogP contribution in [0, 0.1) is 18.2 Å². The van der Waals surface area contributed by atoms with E-state index in [1.54, 1.807) is 16.8 Å². The van der Waals surface area contributed by atoms with Crippen LogP contribution in [0.15, 0.2) is 53.7 Å². The molecule has 1 N–H and O–H groups in total. The number of para-hydroxylation sites is 1. The van der Waals surface area contributed by atoms with Gasteiger partial charge in [0.15, 0.2) is 4.80 Å². The molecule has 2 heterocycles. The predicted octanol–water partition coefficient (Wildman–Crippen LogP) is 3.70. The van der Waals surface area contributed by atoms with Crippen molar-refractivity contribution in [3.8, 4) is 12.3 Å². The number of thiazole rings is 1. The number of rotatable bonds is 2. The number of terminal acetylenes is 1. The summed E-state index contributed by atoms with van der Waals surface area (Å²) in [5.41, 5.74) is 2.12. The molecule has 0 fully saturated rings. The van der Waals surface area contributed by atoms with E-state index in [1.165, 1.54) is 23.5 Å². The number of hydrogen-bond donors (Lipinski definition) is 1. The Morgan fingerprint density at radius 2 is 2.16 bits per heavy atom. The second-order valence-corrected chi connectivity index (χ2v) is 6.46. The predicted molar refractivity (Wildman–Crippen MR) is 96.8 cm³/mol. The van der Waals surface area contributed by atoms with Crippen LogP contribution in [-0.4, -0.2) is 15.5 Å². The van der Waals surface area contributed by atoms with Crippen molar-refractivity contribution in [1.82, 2.24) is 9.55 Å². The summed E-state index contributed by atoms with van der Waals surface area (Å²) in [7, 11) is 0. The Bertz CT molecular complexity index is 1220. The highest BCUT2D eigenvalue weighted by molar-refractivity contribution is 7.16. The number of hydrogen-bond acceptors (Lipinski definition) is 2. The normalized spacial score (nSPS) is 11.9. The van der Waals surface area contributed by atoms with E-state index in [2.05, 4.69) is 15.9 Å². The standard InChI is InChI=1S/C19H12FN3OS/c1-2-9-23-16-8-7-12(20)10-17(16)25-19(23)22-18(24)14-11-21-15-6-4-3-5-13(14)15/h1,3-8,10-11,21H,9H2. The van der Waals surface area contributed by atoms with Crippen molar-refractivity contribution in [3.05, 3.63) is 64.8 Å². The van der Waals surface area contributed by atoms with Crippen molar-refractivity contribution >= 4 is 38.4 Å². The number of amides is 1. The number of aromatic nitrogens is 2. The van der Waals surface area contributed by atoms with Gasteiger partial charge in [0.05, 0.1) is 22.3 Å². The van der Waals surface area contributed by atoms with Crippen LogP contribution in [0.5, 0.6) is 0 Å². The molecule has 0 saturated heterocycles. The molecule has 0 saturated carbocycles. The van der Waals surface area contributed by atoms with Crippen molar-refractivity contribution < 1.29 is 9.18 Å². The molecule has 4 aromatic rings. The summed E-state index contributed by atoms with van der Waals surface area (Å²) in [6.07, 6.45) is 7.09. The van der Waals surface area contributed by atoms with Gasteiger partial charge in [-0.1, -0.05) is 35.5 Å². The second-order valence-electron chi connectivity index (χ2n) is 5.45. The Morgan fingerprint density at radius 3 is 3.00 bits per heavy atom. The van der Waals surface area contributed by atoms with Crippen LogP contribution in [0.3, 0.4) is 0 Å². The summed E-state index contributed by atoms with van der Waals surface area (Å²) in [5, 5.41) is 0.812. The molecule has 0 unspecified atom stereocenters. The number of fused-ring (bicyclic) bond motifs is 2. The first-order chi connectivity index (χ1) is 12.2. The summed E-state index contributed by atoms with van der Waals surface area (Å²) in [5.74, 6) is 1.85. The first-order valence-electron chi connectivity index (χ1n) is 7.55. The van der Waals surface area contributed by atoms with E-state index in [4.69, 9.17) is 6.42 Å². The quantitative estimate of drug-likeness (QED) is 0.551. The molecule has 2 aromatic heterocycles. The number of carbonyl (C=O) groups excluding carboxylic acids is 1. The van der Waals surface area contributed by atoms with E-state index in [0.29, 0.717) is 15.1 Å². The molecule has 1 amide bonds. The molecule has 4 nitrogen and oxygen atoms in total. The van der Waals surface area contributed by atoms with E-state index in [-0.39, 0.29) is 18.3 Å². The van der Waals surface area contributed by atoms with Gasteiger partial charge < -0.3 is 9.55 Å². The van der Waals surface area contributed by atoms with E-state index in [9.17, 15) is 9.18 Å². The fourth-order valence-corrected chi connectivity index (χ4v) is 3.82. The van der Waals surface area contributed by atoms with E-state index in [1.807, 2.05) is 24.3 Å². The van der Waals surface area contributed by atoms with Crippen LogP contribution in [0.2, 0.25) is 0 Å². The van der Waals surface area contributed by atoms with E-state index >= 15 is 0 Å². The number of nitrogens with zero attached hydrogens (tertiary/aromatic N) is 2. The molecule has 4 rings (SSSR count). The second kappa shape index (κ2) is 6.04. The van der Waals surface area contributed by atoms with Gasteiger partial charge in [0.25, 0.3) is 5.91 Å². The Morgan fingerprint density at radius 1 is 1.32 bits per heavy atom. The van der Waals surface area contributed by atoms with Gasteiger partial charge in [-0.3, -0.25) is 4.79 Å². The lowest BCUT2D eigenvalue weighted by molar-refractivity contribution is 0.0999. The van der Waals surface area contributed by atoms with Crippen LogP contribution >= 0.6 is 11.3 Å². The van der Waals surface area contributed by atoms with Crippen molar-refractivity contribution in [3.63, 3.8) is 0 Å². The number of nitrogens with one attached hydrogen (secondary N) is 1. The summed E-state index contributed by atoms with van der Waals surface area (Å²) in [4.78, 5) is 20.4. The average Bonchev–Trinajstić information content (AvgIpc) is 3.17. The molecule has 0 aliphatic carbocycles. The van der Waals surface area contributed by atoms with Crippen molar-refractivity contribution in [2.24, 2.45) is 4.99 Å². The first kappa shape index (κ1) is 15.4. The molecule has 0 spiro atoms. The Labute approximate surface area is 146 Å². The lowest BCUT2D eigenvalue weighted by Crippen LogP contribution is -2.16. The topological polar surface area (TPSA) is 50.1 Å². The van der Waals surface area contributed by atoms with Crippen molar-refractivity contribution in [1.29, 1.82) is 0 Å². The average molecular weight is 349 g/mol. The maximum absolute atomic E-state index is 13.5. The molecule has 0 radical (unpaired) electrons. The maximum atomic E-state index is 13.5. The number of benzene rings is 2. The van der Waals surface area contributed by atoms with Gasteiger partial charge in [0.2, 0.25) is 0 Å². The molecule has 25 heavy (non-hydrogen) atoms. The fourth-order valence-electron chi connectivity index (χ4n) is 2.77. The highest BCUT2D eigenvalue weighted by Gasteiger charge is 2.13. The van der Waals surface area contributed by atoms with Gasteiger partial charge in [-0.2, -0.15) is 4.99 Å². The Balaban J connectivity index is 1.89. The third-order valence-corrected chi connectivity index (χ3v) is 4.95. The molecule has 0 aliphatic rings. The van der Waals surface area contributed by atoms with Gasteiger partial charge >= 0.3 is 0 Å². The molecule has 0 bridgehead atoms. The lowest BCUT2D eigenvalue weighted by atomic mass is 10.2.